The molecule has 19 heavy (non-hydrogen) atoms. The van der Waals surface area contributed by atoms with E-state index in [9.17, 15) is 9.90 Å². The summed E-state index contributed by atoms with van der Waals surface area (Å²) in [7, 11) is 0. The third-order valence-corrected chi connectivity index (χ3v) is 3.47. The van der Waals surface area contributed by atoms with Crippen LogP contribution in [0.1, 0.15) is 34.2 Å². The van der Waals surface area contributed by atoms with E-state index in [4.69, 9.17) is 11.6 Å². The highest BCUT2D eigenvalue weighted by atomic mass is 35.5. The zero-order chi connectivity index (χ0) is 14.0. The topological polar surface area (TPSA) is 42.2 Å². The smallest absolute Gasteiger partial charge is 0.352 e. The van der Waals surface area contributed by atoms with E-state index in [-0.39, 0.29) is 0 Å². The Morgan fingerprint density at radius 2 is 1.95 bits per heavy atom. The van der Waals surface area contributed by atoms with E-state index >= 15 is 0 Å². The number of rotatable bonds is 4. The van der Waals surface area contributed by atoms with Crippen LogP contribution < -0.4 is 0 Å². The largest absolute Gasteiger partial charge is 0.477 e. The Bertz CT molecular complexity index is 599. The normalized spacial score (nSPS) is 10.7. The van der Waals surface area contributed by atoms with Gasteiger partial charge in [0.15, 0.2) is 0 Å². The van der Waals surface area contributed by atoms with E-state index < -0.39 is 5.97 Å². The van der Waals surface area contributed by atoms with Crippen LogP contribution >= 0.6 is 11.6 Å². The van der Waals surface area contributed by atoms with Crippen molar-refractivity contribution in [3.05, 3.63) is 57.9 Å². The molecule has 0 aliphatic carbocycles. The van der Waals surface area contributed by atoms with Crippen LogP contribution in [0, 0.1) is 6.92 Å². The third kappa shape index (κ3) is 2.82. The number of halogens is 1. The van der Waals surface area contributed by atoms with Gasteiger partial charge in [-0.05, 0) is 42.7 Å². The maximum Gasteiger partial charge on any atom is 0.352 e. The average molecular weight is 278 g/mol. The SMILES string of the molecule is CCc1cc(C)n(Cc2ccc(Cl)cc2)c1C(=O)O. The molecule has 0 saturated heterocycles. The standard InChI is InChI=1S/C15H16ClNO2/c1-3-12-8-10(2)17(14(12)15(18)19)9-11-4-6-13(16)7-5-11/h4-8H,3,9H2,1-2H3,(H,18,19). The van der Waals surface area contributed by atoms with Crippen LogP contribution in [0.3, 0.4) is 0 Å². The highest BCUT2D eigenvalue weighted by molar-refractivity contribution is 6.30. The number of aryl methyl sites for hydroxylation is 2. The number of carbonyl (C=O) groups is 1. The molecule has 0 saturated carbocycles. The summed E-state index contributed by atoms with van der Waals surface area (Å²) >= 11 is 5.85. The van der Waals surface area contributed by atoms with Gasteiger partial charge in [0.2, 0.25) is 0 Å². The van der Waals surface area contributed by atoms with Gasteiger partial charge in [0.1, 0.15) is 5.69 Å². The minimum Gasteiger partial charge on any atom is -0.477 e. The molecule has 1 N–H and O–H groups in total. The Labute approximate surface area is 117 Å². The highest BCUT2D eigenvalue weighted by Crippen LogP contribution is 2.19. The number of carboxylic acid groups (broad SMARTS) is 1. The van der Waals surface area contributed by atoms with E-state index in [1.54, 1.807) is 0 Å². The van der Waals surface area contributed by atoms with Crippen LogP contribution in [-0.2, 0) is 13.0 Å². The molecule has 2 aromatic rings. The first kappa shape index (κ1) is 13.7. The second-order valence-electron chi connectivity index (χ2n) is 4.53. The molecular weight excluding hydrogens is 262 g/mol. The molecule has 100 valence electrons. The van der Waals surface area contributed by atoms with Gasteiger partial charge in [0, 0.05) is 17.3 Å². The predicted octanol–water partition coefficient (Wildman–Crippen LogP) is 3.76. The number of hydrogen-bond donors (Lipinski definition) is 1. The van der Waals surface area contributed by atoms with Crippen molar-refractivity contribution >= 4 is 17.6 Å². The summed E-state index contributed by atoms with van der Waals surface area (Å²) in [6, 6.07) is 9.41. The summed E-state index contributed by atoms with van der Waals surface area (Å²) < 4.78 is 1.84. The van der Waals surface area contributed by atoms with Gasteiger partial charge in [-0.2, -0.15) is 0 Å². The summed E-state index contributed by atoms with van der Waals surface area (Å²) in [5.41, 5.74) is 3.26. The summed E-state index contributed by atoms with van der Waals surface area (Å²) in [4.78, 5) is 11.4. The Morgan fingerprint density at radius 3 is 2.47 bits per heavy atom. The second-order valence-corrected chi connectivity index (χ2v) is 4.97. The van der Waals surface area contributed by atoms with E-state index in [0.29, 0.717) is 17.3 Å². The van der Waals surface area contributed by atoms with Crippen molar-refractivity contribution in [2.45, 2.75) is 26.8 Å². The first-order valence-corrected chi connectivity index (χ1v) is 6.57. The van der Waals surface area contributed by atoms with Crippen LogP contribution in [0.2, 0.25) is 5.02 Å². The molecular formula is C15H16ClNO2. The fourth-order valence-electron chi connectivity index (χ4n) is 2.25. The van der Waals surface area contributed by atoms with Crippen LogP contribution in [0.4, 0.5) is 0 Å². The van der Waals surface area contributed by atoms with Crippen molar-refractivity contribution < 1.29 is 9.90 Å². The van der Waals surface area contributed by atoms with Gasteiger partial charge >= 0.3 is 5.97 Å². The molecule has 0 aliphatic rings. The number of carboxylic acids is 1. The fraction of sp³-hybridized carbons (Fsp3) is 0.267. The number of aromatic carboxylic acids is 1. The molecule has 1 aromatic carbocycles. The molecule has 1 heterocycles. The van der Waals surface area contributed by atoms with Gasteiger partial charge < -0.3 is 9.67 Å². The van der Waals surface area contributed by atoms with Crippen molar-refractivity contribution in [1.82, 2.24) is 4.57 Å². The Balaban J connectivity index is 2.41. The van der Waals surface area contributed by atoms with E-state index in [0.717, 1.165) is 23.2 Å². The van der Waals surface area contributed by atoms with Crippen molar-refractivity contribution in [1.29, 1.82) is 0 Å². The van der Waals surface area contributed by atoms with Crippen molar-refractivity contribution in [2.75, 3.05) is 0 Å². The minimum atomic E-state index is -0.876. The maximum absolute atomic E-state index is 11.4. The minimum absolute atomic E-state index is 0.384. The fourth-order valence-corrected chi connectivity index (χ4v) is 2.37. The molecule has 0 unspecified atom stereocenters. The lowest BCUT2D eigenvalue weighted by Gasteiger charge is -2.10. The second kappa shape index (κ2) is 5.49. The number of aromatic nitrogens is 1. The van der Waals surface area contributed by atoms with Crippen LogP contribution in [0.25, 0.3) is 0 Å². The maximum atomic E-state index is 11.4. The lowest BCUT2D eigenvalue weighted by molar-refractivity contribution is 0.0684. The highest BCUT2D eigenvalue weighted by Gasteiger charge is 2.17. The van der Waals surface area contributed by atoms with Crippen molar-refractivity contribution in [3.8, 4) is 0 Å². The molecule has 1 aromatic heterocycles. The Morgan fingerprint density at radius 1 is 1.32 bits per heavy atom. The average Bonchev–Trinajstić information content (AvgIpc) is 2.69. The molecule has 2 rings (SSSR count). The van der Waals surface area contributed by atoms with Crippen molar-refractivity contribution in [3.63, 3.8) is 0 Å². The quantitative estimate of drug-likeness (QED) is 0.925. The first-order valence-electron chi connectivity index (χ1n) is 6.19. The summed E-state index contributed by atoms with van der Waals surface area (Å²) in [6.45, 7) is 4.44. The lowest BCUT2D eigenvalue weighted by atomic mass is 10.2. The molecule has 3 nitrogen and oxygen atoms in total. The monoisotopic (exact) mass is 277 g/mol. The van der Waals surface area contributed by atoms with E-state index in [1.807, 2.05) is 48.7 Å². The summed E-state index contributed by atoms with van der Waals surface area (Å²) in [5, 5.41) is 10.1. The first-order chi connectivity index (χ1) is 9.02. The van der Waals surface area contributed by atoms with Gasteiger partial charge in [-0.1, -0.05) is 30.7 Å². The number of nitrogens with zero attached hydrogens (tertiary/aromatic N) is 1. The van der Waals surface area contributed by atoms with Gasteiger partial charge in [-0.15, -0.1) is 0 Å². The van der Waals surface area contributed by atoms with Gasteiger partial charge in [-0.25, -0.2) is 4.79 Å². The Kier molecular flexibility index (Phi) is 3.96. The summed E-state index contributed by atoms with van der Waals surface area (Å²) in [5.74, 6) is -0.876. The molecule has 0 atom stereocenters. The van der Waals surface area contributed by atoms with Crippen LogP contribution in [0.5, 0.6) is 0 Å². The van der Waals surface area contributed by atoms with Gasteiger partial charge in [-0.3, -0.25) is 0 Å². The molecule has 0 bridgehead atoms. The van der Waals surface area contributed by atoms with E-state index in [1.165, 1.54) is 0 Å². The van der Waals surface area contributed by atoms with Crippen LogP contribution in [0.15, 0.2) is 30.3 Å². The lowest BCUT2D eigenvalue weighted by Crippen LogP contribution is -2.12. The van der Waals surface area contributed by atoms with Gasteiger partial charge in [0.05, 0.1) is 0 Å². The molecule has 0 fully saturated rings. The predicted molar refractivity (Wildman–Crippen MR) is 76.1 cm³/mol. The zero-order valence-corrected chi connectivity index (χ0v) is 11.7. The van der Waals surface area contributed by atoms with Crippen LogP contribution in [-0.4, -0.2) is 15.6 Å². The van der Waals surface area contributed by atoms with Gasteiger partial charge in [0.25, 0.3) is 0 Å². The van der Waals surface area contributed by atoms with E-state index in [2.05, 4.69) is 0 Å². The number of benzene rings is 1. The molecule has 0 spiro atoms. The third-order valence-electron chi connectivity index (χ3n) is 3.22. The van der Waals surface area contributed by atoms with Crippen molar-refractivity contribution in [2.24, 2.45) is 0 Å². The molecule has 0 radical (unpaired) electrons. The Hall–Kier alpha value is -1.74. The zero-order valence-electron chi connectivity index (χ0n) is 11.0. The molecule has 0 amide bonds. The molecule has 0 aliphatic heterocycles. The summed E-state index contributed by atoms with van der Waals surface area (Å²) in [6.07, 6.45) is 0.718. The number of hydrogen-bond acceptors (Lipinski definition) is 1. The molecule has 4 heteroatoms.